The minimum atomic E-state index is 0.670. The number of halogens is 1. The highest BCUT2D eigenvalue weighted by atomic mass is 79.9. The molecule has 0 N–H and O–H groups in total. The summed E-state index contributed by atoms with van der Waals surface area (Å²) in [7, 11) is 0. The van der Waals surface area contributed by atoms with Crippen LogP contribution in [-0.2, 0) is 0 Å². The second-order valence-electron chi connectivity index (χ2n) is 4.41. The highest BCUT2D eigenvalue weighted by Gasteiger charge is 2.09. The van der Waals surface area contributed by atoms with Gasteiger partial charge in [0.1, 0.15) is 0 Å². The van der Waals surface area contributed by atoms with Gasteiger partial charge in [0.25, 0.3) is 0 Å². The maximum Gasteiger partial charge on any atom is 0.151 e. The molecule has 0 atom stereocenters. The fourth-order valence-corrected chi connectivity index (χ4v) is 2.55. The van der Waals surface area contributed by atoms with Gasteiger partial charge in [-0.25, -0.2) is 0 Å². The van der Waals surface area contributed by atoms with Crippen molar-refractivity contribution < 1.29 is 4.79 Å². The lowest BCUT2D eigenvalue weighted by atomic mass is 10.1. The number of carbonyl (C=O) groups is 1. The summed E-state index contributed by atoms with van der Waals surface area (Å²) < 4.78 is 0.825. The van der Waals surface area contributed by atoms with Crippen LogP contribution in [0.1, 0.15) is 22.8 Å². The third kappa shape index (κ3) is 3.04. The largest absolute Gasteiger partial charge is 0.342 e. The van der Waals surface area contributed by atoms with Crippen LogP contribution in [0.15, 0.2) is 46.9 Å². The van der Waals surface area contributed by atoms with E-state index in [1.807, 2.05) is 18.2 Å². The average molecular weight is 318 g/mol. The minimum Gasteiger partial charge on any atom is -0.342 e. The number of nitrogens with zero attached hydrogens (tertiary/aromatic N) is 1. The first-order chi connectivity index (χ1) is 9.15. The molecule has 0 bridgehead atoms. The van der Waals surface area contributed by atoms with Crippen molar-refractivity contribution >= 4 is 33.6 Å². The molecule has 0 aliphatic rings. The summed E-state index contributed by atoms with van der Waals surface area (Å²) >= 11 is 3.43. The first-order valence-electron chi connectivity index (χ1n) is 6.24. The number of benzene rings is 2. The van der Waals surface area contributed by atoms with Gasteiger partial charge in [0.2, 0.25) is 0 Å². The van der Waals surface area contributed by atoms with E-state index >= 15 is 0 Å². The Labute approximate surface area is 122 Å². The molecule has 0 aromatic heterocycles. The molecule has 2 nitrogen and oxygen atoms in total. The van der Waals surface area contributed by atoms with Gasteiger partial charge in [-0.3, -0.25) is 4.79 Å². The topological polar surface area (TPSA) is 20.3 Å². The van der Waals surface area contributed by atoms with Crippen LogP contribution in [-0.4, -0.2) is 12.8 Å². The van der Waals surface area contributed by atoms with Crippen LogP contribution < -0.4 is 4.90 Å². The number of aryl methyl sites for hydroxylation is 1. The number of hydrogen-bond acceptors (Lipinski definition) is 2. The maximum atomic E-state index is 10.8. The van der Waals surface area contributed by atoms with E-state index in [2.05, 4.69) is 58.9 Å². The molecule has 0 aliphatic carbocycles. The third-order valence-electron chi connectivity index (χ3n) is 3.05. The van der Waals surface area contributed by atoms with E-state index in [9.17, 15) is 4.79 Å². The van der Waals surface area contributed by atoms with Gasteiger partial charge in [-0.15, -0.1) is 0 Å². The average Bonchev–Trinajstić information content (AvgIpc) is 2.40. The molecule has 0 saturated carbocycles. The standard InChI is InChI=1S/C16H16BrNO/c1-3-18(14-6-4-5-12(2)9-14)15-8-7-13(11-19)16(17)10-15/h4-11H,3H2,1-2H3. The molecule has 2 aromatic rings. The number of hydrogen-bond donors (Lipinski definition) is 0. The highest BCUT2D eigenvalue weighted by Crippen LogP contribution is 2.29. The molecule has 0 heterocycles. The zero-order chi connectivity index (χ0) is 13.8. The Bertz CT molecular complexity index is 595. The molecule has 0 saturated heterocycles. The molecule has 2 rings (SSSR count). The van der Waals surface area contributed by atoms with E-state index in [0.29, 0.717) is 5.56 Å². The SMILES string of the molecule is CCN(c1cccc(C)c1)c1ccc(C=O)c(Br)c1. The number of aldehydes is 1. The molecule has 3 heteroatoms. The Hall–Kier alpha value is -1.61. The van der Waals surface area contributed by atoms with E-state index in [-0.39, 0.29) is 0 Å². The summed E-state index contributed by atoms with van der Waals surface area (Å²) in [6.07, 6.45) is 0.858. The molecular weight excluding hydrogens is 302 g/mol. The zero-order valence-corrected chi connectivity index (χ0v) is 12.6. The molecule has 19 heavy (non-hydrogen) atoms. The third-order valence-corrected chi connectivity index (χ3v) is 3.74. The summed E-state index contributed by atoms with van der Waals surface area (Å²) in [5.74, 6) is 0. The van der Waals surface area contributed by atoms with E-state index in [1.165, 1.54) is 5.56 Å². The molecule has 0 unspecified atom stereocenters. The fraction of sp³-hybridized carbons (Fsp3) is 0.188. The van der Waals surface area contributed by atoms with E-state index < -0.39 is 0 Å². The van der Waals surface area contributed by atoms with Crippen molar-refractivity contribution in [2.24, 2.45) is 0 Å². The number of carbonyl (C=O) groups excluding carboxylic acids is 1. The Balaban J connectivity index is 2.42. The maximum absolute atomic E-state index is 10.8. The summed E-state index contributed by atoms with van der Waals surface area (Å²) in [6.45, 7) is 5.07. The van der Waals surface area contributed by atoms with Crippen LogP contribution in [0.5, 0.6) is 0 Å². The van der Waals surface area contributed by atoms with Crippen molar-refractivity contribution in [3.63, 3.8) is 0 Å². The van der Waals surface area contributed by atoms with Crippen LogP contribution >= 0.6 is 15.9 Å². The van der Waals surface area contributed by atoms with Crippen molar-refractivity contribution in [1.29, 1.82) is 0 Å². The lowest BCUT2D eigenvalue weighted by Gasteiger charge is -2.24. The van der Waals surface area contributed by atoms with Gasteiger partial charge in [-0.2, -0.15) is 0 Å². The van der Waals surface area contributed by atoms with Crippen molar-refractivity contribution in [2.75, 3.05) is 11.4 Å². The molecule has 0 spiro atoms. The van der Waals surface area contributed by atoms with Crippen molar-refractivity contribution in [3.8, 4) is 0 Å². The molecule has 0 fully saturated rings. The highest BCUT2D eigenvalue weighted by molar-refractivity contribution is 9.10. The number of anilines is 2. The Morgan fingerprint density at radius 3 is 2.47 bits per heavy atom. The first-order valence-corrected chi connectivity index (χ1v) is 7.04. The minimum absolute atomic E-state index is 0.670. The Kier molecular flexibility index (Phi) is 4.38. The smallest absolute Gasteiger partial charge is 0.151 e. The van der Waals surface area contributed by atoms with Crippen LogP contribution in [0.2, 0.25) is 0 Å². The van der Waals surface area contributed by atoms with Gasteiger partial charge in [0.05, 0.1) is 0 Å². The molecule has 0 aliphatic heterocycles. The summed E-state index contributed by atoms with van der Waals surface area (Å²) in [4.78, 5) is 13.1. The monoisotopic (exact) mass is 317 g/mol. The van der Waals surface area contributed by atoms with Gasteiger partial charge in [0.15, 0.2) is 6.29 Å². The summed E-state index contributed by atoms with van der Waals surface area (Å²) in [5, 5.41) is 0. The van der Waals surface area contributed by atoms with Crippen molar-refractivity contribution in [3.05, 3.63) is 58.1 Å². The van der Waals surface area contributed by atoms with E-state index in [1.54, 1.807) is 0 Å². The predicted octanol–water partition coefficient (Wildman–Crippen LogP) is 4.73. The van der Waals surface area contributed by atoms with Gasteiger partial charge in [-0.05, 0) is 65.7 Å². The van der Waals surface area contributed by atoms with Crippen LogP contribution in [0.25, 0.3) is 0 Å². The van der Waals surface area contributed by atoms with Gasteiger partial charge in [-0.1, -0.05) is 12.1 Å². The summed E-state index contributed by atoms with van der Waals surface area (Å²) in [6, 6.07) is 14.2. The van der Waals surface area contributed by atoms with E-state index in [4.69, 9.17) is 0 Å². The molecular formula is C16H16BrNO. The van der Waals surface area contributed by atoms with E-state index in [0.717, 1.165) is 28.7 Å². The van der Waals surface area contributed by atoms with Gasteiger partial charge < -0.3 is 4.90 Å². The van der Waals surface area contributed by atoms with Gasteiger partial charge >= 0.3 is 0 Å². The summed E-state index contributed by atoms with van der Waals surface area (Å²) in [5.41, 5.74) is 4.14. The second-order valence-corrected chi connectivity index (χ2v) is 5.26. The predicted molar refractivity (Wildman–Crippen MR) is 83.4 cm³/mol. The quantitative estimate of drug-likeness (QED) is 0.760. The normalized spacial score (nSPS) is 10.3. The first kappa shape index (κ1) is 13.8. The lowest BCUT2D eigenvalue weighted by Crippen LogP contribution is -2.16. The van der Waals surface area contributed by atoms with Crippen molar-refractivity contribution in [2.45, 2.75) is 13.8 Å². The Morgan fingerprint density at radius 1 is 1.16 bits per heavy atom. The molecule has 2 aromatic carbocycles. The van der Waals surface area contributed by atoms with Crippen LogP contribution in [0.3, 0.4) is 0 Å². The Morgan fingerprint density at radius 2 is 1.89 bits per heavy atom. The zero-order valence-electron chi connectivity index (χ0n) is 11.1. The number of rotatable bonds is 4. The molecule has 0 amide bonds. The lowest BCUT2D eigenvalue weighted by molar-refractivity contribution is 0.112. The van der Waals surface area contributed by atoms with Crippen LogP contribution in [0.4, 0.5) is 11.4 Å². The second kappa shape index (κ2) is 6.02. The van der Waals surface area contributed by atoms with Gasteiger partial charge in [0, 0.05) is 28.0 Å². The van der Waals surface area contributed by atoms with Crippen molar-refractivity contribution in [1.82, 2.24) is 0 Å². The fourth-order valence-electron chi connectivity index (χ4n) is 2.09. The molecule has 98 valence electrons. The molecule has 0 radical (unpaired) electrons. The van der Waals surface area contributed by atoms with Crippen LogP contribution in [0, 0.1) is 6.92 Å².